The molecule has 0 spiro atoms. The maximum atomic E-state index is 14.1. The summed E-state index contributed by atoms with van der Waals surface area (Å²) in [5, 5.41) is 0. The van der Waals surface area contributed by atoms with Crippen molar-refractivity contribution in [1.82, 2.24) is 5.43 Å². The zero-order valence-corrected chi connectivity index (χ0v) is 12.4. The molecule has 3 N–H and O–H groups in total. The van der Waals surface area contributed by atoms with Crippen molar-refractivity contribution in [3.63, 3.8) is 0 Å². The quantitative estimate of drug-likeness (QED) is 0.633. The fourth-order valence-corrected chi connectivity index (χ4v) is 2.42. The van der Waals surface area contributed by atoms with Crippen LogP contribution < -0.4 is 16.0 Å². The maximum absolute atomic E-state index is 14.1. The van der Waals surface area contributed by atoms with Gasteiger partial charge in [-0.2, -0.15) is 0 Å². The van der Waals surface area contributed by atoms with Gasteiger partial charge in [0.2, 0.25) is 0 Å². The molecule has 0 aliphatic rings. The lowest BCUT2D eigenvalue weighted by Gasteiger charge is -2.17. The van der Waals surface area contributed by atoms with Crippen LogP contribution in [0, 0.1) is 12.7 Å². The van der Waals surface area contributed by atoms with Crippen LogP contribution in [0.2, 0.25) is 0 Å². The van der Waals surface area contributed by atoms with Crippen LogP contribution in [-0.4, -0.2) is 7.11 Å². The largest absolute Gasteiger partial charge is 0.497 e. The van der Waals surface area contributed by atoms with E-state index >= 15 is 0 Å². The summed E-state index contributed by atoms with van der Waals surface area (Å²) >= 11 is 0. The third-order valence-corrected chi connectivity index (χ3v) is 3.59. The average molecular weight is 288 g/mol. The van der Waals surface area contributed by atoms with Gasteiger partial charge in [0.15, 0.2) is 0 Å². The number of aryl methyl sites for hydroxylation is 2. The van der Waals surface area contributed by atoms with Crippen molar-refractivity contribution >= 4 is 0 Å². The van der Waals surface area contributed by atoms with Crippen LogP contribution in [-0.2, 0) is 6.42 Å². The lowest BCUT2D eigenvalue weighted by Crippen LogP contribution is -2.29. The Hall–Kier alpha value is -1.91. The highest BCUT2D eigenvalue weighted by Crippen LogP contribution is 2.25. The van der Waals surface area contributed by atoms with Crippen LogP contribution in [0.1, 0.15) is 29.2 Å². The number of hydrogen-bond donors (Lipinski definition) is 2. The molecule has 1 unspecified atom stereocenters. The molecule has 0 fully saturated rings. The fourth-order valence-electron chi connectivity index (χ4n) is 2.42. The van der Waals surface area contributed by atoms with Gasteiger partial charge in [0.05, 0.1) is 7.11 Å². The van der Waals surface area contributed by atoms with E-state index in [9.17, 15) is 4.39 Å². The zero-order valence-electron chi connectivity index (χ0n) is 12.4. The van der Waals surface area contributed by atoms with E-state index in [4.69, 9.17) is 10.6 Å². The summed E-state index contributed by atoms with van der Waals surface area (Å²) in [6.07, 6.45) is 1.56. The summed E-state index contributed by atoms with van der Waals surface area (Å²) in [4.78, 5) is 0. The lowest BCUT2D eigenvalue weighted by atomic mass is 9.98. The number of rotatable bonds is 6. The molecule has 2 rings (SSSR count). The number of halogens is 1. The van der Waals surface area contributed by atoms with Gasteiger partial charge in [-0.3, -0.25) is 11.3 Å². The van der Waals surface area contributed by atoms with Gasteiger partial charge >= 0.3 is 0 Å². The Balaban J connectivity index is 2.09. The van der Waals surface area contributed by atoms with Crippen molar-refractivity contribution in [2.45, 2.75) is 25.8 Å². The van der Waals surface area contributed by atoms with E-state index in [2.05, 4.69) is 30.5 Å². The van der Waals surface area contributed by atoms with Crippen molar-refractivity contribution < 1.29 is 9.13 Å². The zero-order chi connectivity index (χ0) is 15.2. The van der Waals surface area contributed by atoms with Crippen molar-refractivity contribution in [1.29, 1.82) is 0 Å². The number of methoxy groups -OCH3 is 1. The highest BCUT2D eigenvalue weighted by molar-refractivity contribution is 5.31. The minimum Gasteiger partial charge on any atom is -0.497 e. The van der Waals surface area contributed by atoms with Gasteiger partial charge in [0.1, 0.15) is 11.6 Å². The Morgan fingerprint density at radius 1 is 1.24 bits per heavy atom. The number of hydrazine groups is 1. The molecule has 0 saturated heterocycles. The third-order valence-electron chi connectivity index (χ3n) is 3.59. The van der Waals surface area contributed by atoms with Crippen molar-refractivity contribution in [3.05, 3.63) is 65.0 Å². The van der Waals surface area contributed by atoms with E-state index in [-0.39, 0.29) is 11.9 Å². The molecule has 0 heterocycles. The van der Waals surface area contributed by atoms with Gasteiger partial charge in [-0.1, -0.05) is 35.9 Å². The van der Waals surface area contributed by atoms with E-state index in [1.54, 1.807) is 12.1 Å². The molecule has 0 amide bonds. The maximum Gasteiger partial charge on any atom is 0.131 e. The molecule has 112 valence electrons. The highest BCUT2D eigenvalue weighted by Gasteiger charge is 2.15. The van der Waals surface area contributed by atoms with Gasteiger partial charge in [0, 0.05) is 17.7 Å². The Labute approximate surface area is 124 Å². The first-order valence-electron chi connectivity index (χ1n) is 6.99. The monoisotopic (exact) mass is 288 g/mol. The Morgan fingerprint density at radius 3 is 2.67 bits per heavy atom. The molecule has 0 aliphatic heterocycles. The Kier molecular flexibility index (Phi) is 5.31. The summed E-state index contributed by atoms with van der Waals surface area (Å²) in [5.41, 5.74) is 5.71. The molecule has 4 heteroatoms. The lowest BCUT2D eigenvalue weighted by molar-refractivity contribution is 0.408. The normalized spacial score (nSPS) is 12.2. The van der Waals surface area contributed by atoms with E-state index in [1.165, 1.54) is 24.3 Å². The number of benzene rings is 2. The first-order valence-corrected chi connectivity index (χ1v) is 6.99. The molecule has 0 aliphatic carbocycles. The Morgan fingerprint density at radius 2 is 2.05 bits per heavy atom. The average Bonchev–Trinajstić information content (AvgIpc) is 2.49. The molecule has 0 radical (unpaired) electrons. The smallest absolute Gasteiger partial charge is 0.131 e. The van der Waals surface area contributed by atoms with Crippen molar-refractivity contribution in [2.24, 2.45) is 5.84 Å². The molecule has 21 heavy (non-hydrogen) atoms. The van der Waals surface area contributed by atoms with Gasteiger partial charge in [0.25, 0.3) is 0 Å². The van der Waals surface area contributed by atoms with Crippen molar-refractivity contribution in [2.75, 3.05) is 7.11 Å². The molecular weight excluding hydrogens is 267 g/mol. The minimum atomic E-state index is -0.304. The fraction of sp³-hybridized carbons (Fsp3) is 0.294. The van der Waals surface area contributed by atoms with E-state index < -0.39 is 0 Å². The summed E-state index contributed by atoms with van der Waals surface area (Å²) in [5.74, 6) is 5.79. The third kappa shape index (κ3) is 4.03. The van der Waals surface area contributed by atoms with Crippen LogP contribution in [0.4, 0.5) is 4.39 Å². The standard InChI is InChI=1S/C17H21FN2O/c1-12-4-3-5-13(10-12)6-9-17(20-19)15-8-7-14(21-2)11-16(15)18/h3-5,7-8,10-11,17,20H,6,9,19H2,1-2H3. The second-order valence-electron chi connectivity index (χ2n) is 5.13. The molecule has 2 aromatic carbocycles. The van der Waals surface area contributed by atoms with Crippen LogP contribution in [0.3, 0.4) is 0 Å². The van der Waals surface area contributed by atoms with Crippen LogP contribution >= 0.6 is 0 Å². The van der Waals surface area contributed by atoms with Crippen molar-refractivity contribution in [3.8, 4) is 5.75 Å². The number of ether oxygens (including phenoxy) is 1. The number of hydrogen-bond acceptors (Lipinski definition) is 3. The Bertz CT molecular complexity index is 601. The minimum absolute atomic E-state index is 0.226. The molecule has 3 nitrogen and oxygen atoms in total. The SMILES string of the molecule is COc1ccc(C(CCc2cccc(C)c2)NN)c(F)c1. The number of nitrogens with two attached hydrogens (primary N) is 1. The molecule has 0 saturated carbocycles. The van der Waals surface area contributed by atoms with Crippen LogP contribution in [0.25, 0.3) is 0 Å². The first-order chi connectivity index (χ1) is 10.1. The second-order valence-corrected chi connectivity index (χ2v) is 5.13. The van der Waals surface area contributed by atoms with Gasteiger partial charge in [-0.05, 0) is 31.4 Å². The topological polar surface area (TPSA) is 47.3 Å². The summed E-state index contributed by atoms with van der Waals surface area (Å²) in [7, 11) is 1.52. The molecular formula is C17H21FN2O. The van der Waals surface area contributed by atoms with E-state index in [0.717, 1.165) is 12.8 Å². The molecule has 2 aromatic rings. The van der Waals surface area contributed by atoms with Crippen LogP contribution in [0.15, 0.2) is 42.5 Å². The van der Waals surface area contributed by atoms with Gasteiger partial charge in [-0.15, -0.1) is 0 Å². The van der Waals surface area contributed by atoms with E-state index in [1.807, 2.05) is 6.07 Å². The molecule has 0 bridgehead atoms. The predicted octanol–water partition coefficient (Wildman–Crippen LogP) is 3.28. The molecule has 1 atom stereocenters. The van der Waals surface area contributed by atoms with Gasteiger partial charge < -0.3 is 4.74 Å². The van der Waals surface area contributed by atoms with Crippen LogP contribution in [0.5, 0.6) is 5.75 Å². The van der Waals surface area contributed by atoms with Gasteiger partial charge in [-0.25, -0.2) is 4.39 Å². The highest BCUT2D eigenvalue weighted by atomic mass is 19.1. The summed E-state index contributed by atoms with van der Waals surface area (Å²) in [6, 6.07) is 12.9. The summed E-state index contributed by atoms with van der Waals surface area (Å²) in [6.45, 7) is 2.06. The second kappa shape index (κ2) is 7.20. The summed E-state index contributed by atoms with van der Waals surface area (Å²) < 4.78 is 19.1. The first kappa shape index (κ1) is 15.5. The van der Waals surface area contributed by atoms with E-state index in [0.29, 0.717) is 11.3 Å². The molecule has 0 aromatic heterocycles. The predicted molar refractivity (Wildman–Crippen MR) is 82.5 cm³/mol. The number of nitrogens with one attached hydrogen (secondary N) is 1.